The predicted octanol–water partition coefficient (Wildman–Crippen LogP) is 1.45. The summed E-state index contributed by atoms with van der Waals surface area (Å²) in [4.78, 5) is 24.3. The maximum Gasteiger partial charge on any atom is 0.353 e. The van der Waals surface area contributed by atoms with Crippen molar-refractivity contribution < 1.29 is 15.0 Å². The first kappa shape index (κ1) is 10.9. The van der Waals surface area contributed by atoms with Crippen molar-refractivity contribution in [2.45, 2.75) is 0 Å². The van der Waals surface area contributed by atoms with Gasteiger partial charge in [-0.2, -0.15) is 0 Å². The number of carbonyl (C=O) groups is 1. The number of carboxylic acid groups (broad SMARTS) is 1. The molecular weight excluding hydrogens is 222 g/mol. The summed E-state index contributed by atoms with van der Waals surface area (Å²) in [6.07, 6.45) is 0. The number of hydrogen-bond acceptors (Lipinski definition) is 3. The summed E-state index contributed by atoms with van der Waals surface area (Å²) in [6, 6.07) is 8.76. The largest absolute Gasteiger partial charge is 0.508 e. The summed E-state index contributed by atoms with van der Waals surface area (Å²) in [6.45, 7) is 0. The first-order valence-electron chi connectivity index (χ1n) is 4.84. The van der Waals surface area contributed by atoms with Crippen molar-refractivity contribution in [2.24, 2.45) is 0 Å². The number of carboxylic acids is 1. The van der Waals surface area contributed by atoms with E-state index in [4.69, 9.17) is 10.2 Å². The van der Waals surface area contributed by atoms with Gasteiger partial charge in [0.05, 0.1) is 0 Å². The Hall–Kier alpha value is -2.56. The lowest BCUT2D eigenvalue weighted by Crippen LogP contribution is -2.12. The number of hydrogen-bond donors (Lipinski definition) is 3. The Kier molecular flexibility index (Phi) is 2.66. The van der Waals surface area contributed by atoms with E-state index >= 15 is 0 Å². The lowest BCUT2D eigenvalue weighted by atomic mass is 10.0. The van der Waals surface area contributed by atoms with Crippen LogP contribution in [0.5, 0.6) is 5.75 Å². The van der Waals surface area contributed by atoms with Gasteiger partial charge in [-0.1, -0.05) is 12.1 Å². The van der Waals surface area contributed by atoms with E-state index in [0.717, 1.165) is 0 Å². The van der Waals surface area contributed by atoms with Crippen molar-refractivity contribution >= 4 is 5.97 Å². The molecule has 5 heteroatoms. The van der Waals surface area contributed by atoms with Crippen LogP contribution in [0.25, 0.3) is 11.1 Å². The molecule has 0 amide bonds. The Balaban J connectivity index is 2.62. The zero-order chi connectivity index (χ0) is 12.4. The molecule has 0 radical (unpaired) electrons. The van der Waals surface area contributed by atoms with E-state index in [2.05, 4.69) is 4.98 Å². The topological polar surface area (TPSA) is 90.4 Å². The number of aromatic hydroxyl groups is 1. The molecule has 0 aliphatic rings. The quantitative estimate of drug-likeness (QED) is 0.729. The highest BCUT2D eigenvalue weighted by Gasteiger charge is 2.12. The minimum Gasteiger partial charge on any atom is -0.508 e. The van der Waals surface area contributed by atoms with Crippen molar-refractivity contribution in [2.75, 3.05) is 0 Å². The van der Waals surface area contributed by atoms with Gasteiger partial charge in [0.15, 0.2) is 0 Å². The number of aromatic nitrogens is 1. The molecule has 3 N–H and O–H groups in total. The number of aromatic amines is 1. The molecule has 0 aliphatic heterocycles. The molecule has 1 heterocycles. The molecule has 2 aromatic rings. The van der Waals surface area contributed by atoms with Gasteiger partial charge in [-0.05, 0) is 23.8 Å². The molecule has 0 spiro atoms. The highest BCUT2D eigenvalue weighted by atomic mass is 16.4. The predicted molar refractivity (Wildman–Crippen MR) is 61.1 cm³/mol. The summed E-state index contributed by atoms with van der Waals surface area (Å²) in [5, 5.41) is 18.1. The average molecular weight is 231 g/mol. The van der Waals surface area contributed by atoms with E-state index in [1.807, 2.05) is 0 Å². The van der Waals surface area contributed by atoms with Crippen molar-refractivity contribution in [1.82, 2.24) is 4.98 Å². The monoisotopic (exact) mass is 231 g/mol. The number of benzene rings is 1. The number of pyridine rings is 1. The van der Waals surface area contributed by atoms with E-state index in [1.165, 1.54) is 24.3 Å². The van der Waals surface area contributed by atoms with Gasteiger partial charge in [-0.3, -0.25) is 4.79 Å². The molecule has 0 bridgehead atoms. The number of phenolic OH excluding ortho intramolecular Hbond substituents is 1. The molecule has 0 saturated heterocycles. The third kappa shape index (κ3) is 2.17. The fraction of sp³-hybridized carbons (Fsp3) is 0. The standard InChI is InChI=1S/C12H9NO4/c14-8-3-1-7(2-4-8)9-5-6-10(15)13-11(9)12(16)17/h1-6,14H,(H,13,15)(H,16,17). The van der Waals surface area contributed by atoms with Gasteiger partial charge in [0.1, 0.15) is 11.4 Å². The lowest BCUT2D eigenvalue weighted by molar-refractivity contribution is 0.0691. The molecule has 2 rings (SSSR count). The van der Waals surface area contributed by atoms with Crippen molar-refractivity contribution in [1.29, 1.82) is 0 Å². The summed E-state index contributed by atoms with van der Waals surface area (Å²) >= 11 is 0. The zero-order valence-corrected chi connectivity index (χ0v) is 8.68. The number of aromatic carboxylic acids is 1. The van der Waals surface area contributed by atoms with Gasteiger partial charge in [0, 0.05) is 11.6 Å². The lowest BCUT2D eigenvalue weighted by Gasteiger charge is -2.05. The smallest absolute Gasteiger partial charge is 0.353 e. The van der Waals surface area contributed by atoms with Crippen molar-refractivity contribution in [3.8, 4) is 16.9 Å². The number of rotatable bonds is 2. The van der Waals surface area contributed by atoms with Crippen LogP contribution in [0, 0.1) is 0 Å². The highest BCUT2D eigenvalue weighted by Crippen LogP contribution is 2.23. The Bertz CT molecular complexity index is 613. The van der Waals surface area contributed by atoms with Crippen molar-refractivity contribution in [3.63, 3.8) is 0 Å². The maximum absolute atomic E-state index is 11.1. The van der Waals surface area contributed by atoms with E-state index < -0.39 is 11.5 Å². The second kappa shape index (κ2) is 4.13. The van der Waals surface area contributed by atoms with Gasteiger partial charge < -0.3 is 15.2 Å². The summed E-state index contributed by atoms with van der Waals surface area (Å²) in [5.74, 6) is -1.11. The zero-order valence-electron chi connectivity index (χ0n) is 8.68. The molecule has 0 saturated carbocycles. The summed E-state index contributed by atoms with van der Waals surface area (Å²) in [5.41, 5.74) is 0.377. The van der Waals surface area contributed by atoms with Crippen LogP contribution in [0.3, 0.4) is 0 Å². The van der Waals surface area contributed by atoms with Crippen LogP contribution in [0.1, 0.15) is 10.5 Å². The second-order valence-corrected chi connectivity index (χ2v) is 3.46. The molecule has 86 valence electrons. The van der Waals surface area contributed by atoms with E-state index in [1.54, 1.807) is 12.1 Å². The SMILES string of the molecule is O=C(O)c1[nH]c(=O)ccc1-c1ccc(O)cc1. The summed E-state index contributed by atoms with van der Waals surface area (Å²) in [7, 11) is 0. The summed E-state index contributed by atoms with van der Waals surface area (Å²) < 4.78 is 0. The fourth-order valence-corrected chi connectivity index (χ4v) is 1.52. The Morgan fingerprint density at radius 2 is 1.71 bits per heavy atom. The second-order valence-electron chi connectivity index (χ2n) is 3.46. The normalized spacial score (nSPS) is 10.1. The van der Waals surface area contributed by atoms with E-state index in [0.29, 0.717) is 11.1 Å². The van der Waals surface area contributed by atoms with Gasteiger partial charge in [0.25, 0.3) is 0 Å². The third-order valence-corrected chi connectivity index (χ3v) is 2.31. The third-order valence-electron chi connectivity index (χ3n) is 2.31. The van der Waals surface area contributed by atoms with Gasteiger partial charge >= 0.3 is 5.97 Å². The van der Waals surface area contributed by atoms with Crippen LogP contribution in [-0.2, 0) is 0 Å². The van der Waals surface area contributed by atoms with Crippen LogP contribution < -0.4 is 5.56 Å². The van der Waals surface area contributed by atoms with Crippen LogP contribution in [0.15, 0.2) is 41.2 Å². The van der Waals surface area contributed by atoms with Gasteiger partial charge in [-0.15, -0.1) is 0 Å². The average Bonchev–Trinajstić information content (AvgIpc) is 2.30. The molecule has 17 heavy (non-hydrogen) atoms. The molecule has 1 aromatic carbocycles. The minimum atomic E-state index is -1.20. The molecule has 1 aromatic heterocycles. The fourth-order valence-electron chi connectivity index (χ4n) is 1.52. The van der Waals surface area contributed by atoms with Crippen molar-refractivity contribution in [3.05, 3.63) is 52.4 Å². The Morgan fingerprint density at radius 1 is 1.06 bits per heavy atom. The maximum atomic E-state index is 11.1. The molecule has 0 atom stereocenters. The van der Waals surface area contributed by atoms with Crippen LogP contribution in [0.4, 0.5) is 0 Å². The molecular formula is C12H9NO4. The van der Waals surface area contributed by atoms with Crippen LogP contribution >= 0.6 is 0 Å². The van der Waals surface area contributed by atoms with Crippen LogP contribution in [0.2, 0.25) is 0 Å². The van der Waals surface area contributed by atoms with Gasteiger partial charge in [0.2, 0.25) is 5.56 Å². The molecule has 0 unspecified atom stereocenters. The molecule has 0 fully saturated rings. The van der Waals surface area contributed by atoms with E-state index in [-0.39, 0.29) is 11.4 Å². The minimum absolute atomic E-state index is 0.0926. The first-order valence-corrected chi connectivity index (χ1v) is 4.84. The van der Waals surface area contributed by atoms with E-state index in [9.17, 15) is 9.59 Å². The number of H-pyrrole nitrogens is 1. The van der Waals surface area contributed by atoms with Gasteiger partial charge in [-0.25, -0.2) is 4.79 Å². The molecule has 0 aliphatic carbocycles. The Morgan fingerprint density at radius 3 is 2.29 bits per heavy atom. The highest BCUT2D eigenvalue weighted by molar-refractivity contribution is 5.93. The number of phenols is 1. The molecule has 5 nitrogen and oxygen atoms in total. The van der Waals surface area contributed by atoms with Crippen LogP contribution in [-0.4, -0.2) is 21.2 Å². The first-order chi connectivity index (χ1) is 8.08. The Labute approximate surface area is 96.0 Å². The number of nitrogens with one attached hydrogen (secondary N) is 1.